The molecule has 0 spiro atoms. The number of thioether (sulfide) groups is 1. The number of benzene rings is 2. The monoisotopic (exact) mass is 484 g/mol. The number of ketones is 1. The molecule has 1 heterocycles. The number of hydrogen-bond donors (Lipinski definition) is 1. The molecule has 154 valence electrons. The number of allylic oxidation sites excluding steroid dienone is 1. The predicted molar refractivity (Wildman–Crippen MR) is 124 cm³/mol. The van der Waals surface area contributed by atoms with E-state index in [0.29, 0.717) is 23.0 Å². The molecule has 3 aromatic rings. The molecule has 0 saturated carbocycles. The van der Waals surface area contributed by atoms with E-state index in [2.05, 4.69) is 38.0 Å². The second-order valence-corrected chi connectivity index (χ2v) is 8.82. The van der Waals surface area contributed by atoms with Crippen molar-refractivity contribution in [2.24, 2.45) is 0 Å². The Morgan fingerprint density at radius 2 is 1.83 bits per heavy atom. The molecule has 0 bridgehead atoms. The fourth-order valence-corrected chi connectivity index (χ4v) is 4.05. The average Bonchev–Trinajstić information content (AvgIpc) is 3.11. The lowest BCUT2D eigenvalue weighted by atomic mass is 10.1. The van der Waals surface area contributed by atoms with Gasteiger partial charge in [0.15, 0.2) is 16.8 Å². The lowest BCUT2D eigenvalue weighted by molar-refractivity contribution is -0.114. The van der Waals surface area contributed by atoms with Gasteiger partial charge in [-0.2, -0.15) is 0 Å². The van der Waals surface area contributed by atoms with Gasteiger partial charge < -0.3 is 5.32 Å². The number of hydrogen-bond acceptors (Lipinski definition) is 5. The van der Waals surface area contributed by atoms with Crippen LogP contribution in [0.15, 0.2) is 70.8 Å². The van der Waals surface area contributed by atoms with Crippen molar-refractivity contribution in [1.29, 1.82) is 0 Å². The third-order valence-corrected chi connectivity index (χ3v) is 5.88. The zero-order chi connectivity index (χ0) is 21.7. The molecule has 1 amide bonds. The molecular weight excluding hydrogens is 464 g/mol. The number of Topliss-reactive ketones (excluding diaryl/α,β-unsaturated/α-hetero) is 1. The van der Waals surface area contributed by atoms with Gasteiger partial charge in [0.1, 0.15) is 0 Å². The number of carbonyl (C=O) groups excluding carboxylic acids is 2. The van der Waals surface area contributed by atoms with E-state index in [9.17, 15) is 9.59 Å². The summed E-state index contributed by atoms with van der Waals surface area (Å²) in [5, 5.41) is 11.6. The molecule has 0 aliphatic heterocycles. The molecule has 0 saturated heterocycles. The highest BCUT2D eigenvalue weighted by Crippen LogP contribution is 2.29. The Bertz CT molecular complexity index is 1060. The van der Waals surface area contributed by atoms with Gasteiger partial charge in [-0.05, 0) is 43.3 Å². The summed E-state index contributed by atoms with van der Waals surface area (Å²) in [5.41, 5.74) is 2.17. The van der Waals surface area contributed by atoms with Crippen LogP contribution in [0.1, 0.15) is 24.2 Å². The van der Waals surface area contributed by atoms with Gasteiger partial charge in [0, 0.05) is 34.8 Å². The van der Waals surface area contributed by atoms with Gasteiger partial charge in [0.05, 0.1) is 5.25 Å². The Morgan fingerprint density at radius 3 is 2.43 bits per heavy atom. The Kier molecular flexibility index (Phi) is 7.23. The first-order valence-electron chi connectivity index (χ1n) is 9.27. The van der Waals surface area contributed by atoms with E-state index in [1.54, 1.807) is 30.3 Å². The first kappa shape index (κ1) is 22.0. The molecule has 0 radical (unpaired) electrons. The van der Waals surface area contributed by atoms with Crippen molar-refractivity contribution in [2.45, 2.75) is 30.8 Å². The first-order chi connectivity index (χ1) is 14.4. The van der Waals surface area contributed by atoms with Crippen molar-refractivity contribution in [3.8, 4) is 11.4 Å². The Labute approximate surface area is 187 Å². The second kappa shape index (κ2) is 9.86. The van der Waals surface area contributed by atoms with Crippen LogP contribution in [0.25, 0.3) is 11.4 Å². The third-order valence-electron chi connectivity index (χ3n) is 4.27. The molecule has 6 nitrogen and oxygen atoms in total. The van der Waals surface area contributed by atoms with E-state index in [-0.39, 0.29) is 16.9 Å². The number of rotatable bonds is 8. The molecule has 1 unspecified atom stereocenters. The summed E-state index contributed by atoms with van der Waals surface area (Å²) in [6.45, 7) is 7.65. The maximum absolute atomic E-state index is 12.9. The molecule has 1 aromatic heterocycles. The predicted octanol–water partition coefficient (Wildman–Crippen LogP) is 5.22. The topological polar surface area (TPSA) is 76.9 Å². The molecule has 30 heavy (non-hydrogen) atoms. The molecule has 1 atom stereocenters. The number of anilines is 1. The van der Waals surface area contributed by atoms with Gasteiger partial charge in [-0.1, -0.05) is 45.9 Å². The lowest BCUT2D eigenvalue weighted by Gasteiger charge is -2.12. The van der Waals surface area contributed by atoms with Crippen LogP contribution in [0, 0.1) is 0 Å². The quantitative estimate of drug-likeness (QED) is 0.269. The van der Waals surface area contributed by atoms with Gasteiger partial charge in [-0.25, -0.2) is 0 Å². The summed E-state index contributed by atoms with van der Waals surface area (Å²) >= 11 is 4.80. The van der Waals surface area contributed by atoms with Gasteiger partial charge in [0.25, 0.3) is 0 Å². The average molecular weight is 485 g/mol. The molecule has 3 rings (SSSR count). The minimum atomic E-state index is -0.359. The van der Waals surface area contributed by atoms with Gasteiger partial charge in [0.2, 0.25) is 5.91 Å². The number of nitrogens with one attached hydrogen (secondary N) is 1. The molecule has 8 heteroatoms. The minimum Gasteiger partial charge on any atom is -0.326 e. The maximum atomic E-state index is 12.9. The second-order valence-electron chi connectivity index (χ2n) is 6.60. The van der Waals surface area contributed by atoms with Crippen LogP contribution in [0.2, 0.25) is 0 Å². The van der Waals surface area contributed by atoms with Crippen LogP contribution in [-0.2, 0) is 11.3 Å². The zero-order valence-corrected chi connectivity index (χ0v) is 19.0. The Hall–Kier alpha value is -2.71. The van der Waals surface area contributed by atoms with E-state index >= 15 is 0 Å². The third kappa shape index (κ3) is 5.25. The van der Waals surface area contributed by atoms with E-state index in [0.717, 1.165) is 15.9 Å². The Balaban J connectivity index is 1.79. The summed E-state index contributed by atoms with van der Waals surface area (Å²) in [6.07, 6.45) is 1.78. The van der Waals surface area contributed by atoms with Crippen LogP contribution in [0.3, 0.4) is 0 Å². The normalized spacial score (nSPS) is 11.7. The van der Waals surface area contributed by atoms with E-state index in [4.69, 9.17) is 0 Å². The van der Waals surface area contributed by atoms with Crippen molar-refractivity contribution < 1.29 is 9.59 Å². The van der Waals surface area contributed by atoms with Crippen LogP contribution < -0.4 is 5.32 Å². The smallest absolute Gasteiger partial charge is 0.221 e. The summed E-state index contributed by atoms with van der Waals surface area (Å²) in [5.74, 6) is 0.554. The number of nitrogens with zero attached hydrogens (tertiary/aromatic N) is 3. The summed E-state index contributed by atoms with van der Waals surface area (Å²) in [6, 6.07) is 14.7. The van der Waals surface area contributed by atoms with E-state index < -0.39 is 0 Å². The van der Waals surface area contributed by atoms with Crippen molar-refractivity contribution in [3.63, 3.8) is 0 Å². The molecule has 0 aliphatic carbocycles. The molecular formula is C22H21BrN4O2S. The van der Waals surface area contributed by atoms with Gasteiger partial charge >= 0.3 is 0 Å². The summed E-state index contributed by atoms with van der Waals surface area (Å²) < 4.78 is 2.93. The van der Waals surface area contributed by atoms with Crippen molar-refractivity contribution in [1.82, 2.24) is 14.8 Å². The van der Waals surface area contributed by atoms with Crippen LogP contribution in [-0.4, -0.2) is 31.7 Å². The summed E-state index contributed by atoms with van der Waals surface area (Å²) in [7, 11) is 0. The number of aromatic nitrogens is 3. The van der Waals surface area contributed by atoms with E-state index in [1.165, 1.54) is 18.7 Å². The standard InChI is InChI=1S/C22H21BrN4O2S/c1-4-13-27-21(17-5-9-18(23)10-6-17)25-26-22(27)30-14(2)20(29)16-7-11-19(12-8-16)24-15(3)28/h4-12,14H,1,13H2,2-3H3,(H,24,28). The number of amides is 1. The first-order valence-corrected chi connectivity index (χ1v) is 10.9. The molecule has 1 N–H and O–H groups in total. The van der Waals surface area contributed by atoms with Crippen molar-refractivity contribution in [3.05, 3.63) is 71.2 Å². The number of halogens is 1. The fourth-order valence-electron chi connectivity index (χ4n) is 2.85. The van der Waals surface area contributed by atoms with Gasteiger partial charge in [-0.15, -0.1) is 16.8 Å². The van der Waals surface area contributed by atoms with Crippen LogP contribution in [0.4, 0.5) is 5.69 Å². The Morgan fingerprint density at radius 1 is 1.17 bits per heavy atom. The molecule has 2 aromatic carbocycles. The van der Waals surface area contributed by atoms with Crippen LogP contribution >= 0.6 is 27.7 Å². The van der Waals surface area contributed by atoms with E-state index in [1.807, 2.05) is 35.8 Å². The highest BCUT2D eigenvalue weighted by Gasteiger charge is 2.21. The SMILES string of the molecule is C=CCn1c(SC(C)C(=O)c2ccc(NC(C)=O)cc2)nnc1-c1ccc(Br)cc1. The van der Waals surface area contributed by atoms with Gasteiger partial charge in [-0.3, -0.25) is 14.2 Å². The highest BCUT2D eigenvalue weighted by molar-refractivity contribution is 9.10. The summed E-state index contributed by atoms with van der Waals surface area (Å²) in [4.78, 5) is 24.0. The lowest BCUT2D eigenvalue weighted by Crippen LogP contribution is -2.15. The van der Waals surface area contributed by atoms with Crippen LogP contribution in [0.5, 0.6) is 0 Å². The van der Waals surface area contributed by atoms with Crippen molar-refractivity contribution >= 4 is 45.1 Å². The number of carbonyl (C=O) groups is 2. The molecule has 0 fully saturated rings. The van der Waals surface area contributed by atoms with Crippen molar-refractivity contribution in [2.75, 3.05) is 5.32 Å². The molecule has 0 aliphatic rings. The fraction of sp³-hybridized carbons (Fsp3) is 0.182. The largest absolute Gasteiger partial charge is 0.326 e. The highest BCUT2D eigenvalue weighted by atomic mass is 79.9. The maximum Gasteiger partial charge on any atom is 0.221 e. The minimum absolute atomic E-state index is 0.0206. The zero-order valence-electron chi connectivity index (χ0n) is 16.6.